The summed E-state index contributed by atoms with van der Waals surface area (Å²) in [6.07, 6.45) is -0.226. The number of hydrogen-bond donors (Lipinski definition) is 1. The molecule has 1 N–H and O–H groups in total. The van der Waals surface area contributed by atoms with Gasteiger partial charge in [0.15, 0.2) is 16.7 Å². The largest absolute Gasteiger partial charge is 0.432 e. The van der Waals surface area contributed by atoms with Gasteiger partial charge in [-0.3, -0.25) is 18.7 Å². The van der Waals surface area contributed by atoms with Crippen LogP contribution in [0.2, 0.25) is 0 Å². The Hall–Kier alpha value is -3.52. The van der Waals surface area contributed by atoms with E-state index in [1.54, 1.807) is 5.38 Å². The fraction of sp³-hybridized carbons (Fsp3) is 0.211. The molecule has 9 nitrogen and oxygen atoms in total. The molecule has 0 atom stereocenters. The Balaban J connectivity index is 1.52. The van der Waals surface area contributed by atoms with Gasteiger partial charge in [0, 0.05) is 25.0 Å². The summed E-state index contributed by atoms with van der Waals surface area (Å²) in [6.45, 7) is -3.15. The van der Waals surface area contributed by atoms with Crippen molar-refractivity contribution in [1.29, 1.82) is 0 Å². The Morgan fingerprint density at radius 2 is 2.00 bits per heavy atom. The van der Waals surface area contributed by atoms with Crippen molar-refractivity contribution in [3.63, 3.8) is 0 Å². The highest BCUT2D eigenvalue weighted by atomic mass is 32.1. The van der Waals surface area contributed by atoms with Crippen LogP contribution in [0.15, 0.2) is 33.2 Å². The standard InChI is InChI=1S/C19H14F3N5O4S2/c1-26-15(29)14-10(25-33-16(14)27(2)19(26)30)6-13(28)24-18-23-11(7-32-18)8-3-4-12(9(20)5-8)31-17(21)22/h3-5,7,17H,6H2,1-2H3,(H,23,24,28). The maximum atomic E-state index is 14.0. The number of anilines is 1. The van der Waals surface area contributed by atoms with Crippen LogP contribution in [0.25, 0.3) is 21.5 Å². The highest BCUT2D eigenvalue weighted by Gasteiger charge is 2.19. The Bertz CT molecular complexity index is 1490. The number of carbonyl (C=O) groups excluding carboxylic acids is 1. The van der Waals surface area contributed by atoms with Crippen LogP contribution in [0, 0.1) is 5.82 Å². The number of aryl methyl sites for hydroxylation is 1. The zero-order chi connectivity index (χ0) is 23.9. The average molecular weight is 497 g/mol. The van der Waals surface area contributed by atoms with Gasteiger partial charge < -0.3 is 10.1 Å². The summed E-state index contributed by atoms with van der Waals surface area (Å²) < 4.78 is 49.0. The first-order chi connectivity index (χ1) is 15.7. The first-order valence-electron chi connectivity index (χ1n) is 9.20. The molecule has 0 unspecified atom stereocenters. The highest BCUT2D eigenvalue weighted by molar-refractivity contribution is 7.14. The summed E-state index contributed by atoms with van der Waals surface area (Å²) in [5.41, 5.74) is -0.172. The van der Waals surface area contributed by atoms with E-state index in [0.717, 1.165) is 39.6 Å². The quantitative estimate of drug-likeness (QED) is 0.439. The molecule has 1 aromatic carbocycles. The van der Waals surface area contributed by atoms with Gasteiger partial charge in [-0.25, -0.2) is 14.2 Å². The maximum Gasteiger partial charge on any atom is 0.387 e. The molecule has 0 saturated carbocycles. The number of rotatable bonds is 6. The van der Waals surface area contributed by atoms with E-state index in [1.165, 1.54) is 24.7 Å². The van der Waals surface area contributed by atoms with E-state index < -0.39 is 35.3 Å². The number of benzene rings is 1. The molecule has 14 heteroatoms. The lowest BCUT2D eigenvalue weighted by atomic mass is 10.1. The number of fused-ring (bicyclic) bond motifs is 1. The van der Waals surface area contributed by atoms with E-state index in [0.29, 0.717) is 16.1 Å². The van der Waals surface area contributed by atoms with Crippen molar-refractivity contribution in [2.75, 3.05) is 5.32 Å². The number of carbonyl (C=O) groups is 1. The van der Waals surface area contributed by atoms with Gasteiger partial charge in [0.05, 0.1) is 23.2 Å². The predicted molar refractivity (Wildman–Crippen MR) is 117 cm³/mol. The highest BCUT2D eigenvalue weighted by Crippen LogP contribution is 2.29. The molecule has 0 aliphatic rings. The molecule has 33 heavy (non-hydrogen) atoms. The molecule has 172 valence electrons. The first-order valence-corrected chi connectivity index (χ1v) is 10.9. The summed E-state index contributed by atoms with van der Waals surface area (Å²) >= 11 is 2.02. The lowest BCUT2D eigenvalue weighted by molar-refractivity contribution is -0.115. The molecule has 3 heterocycles. The Morgan fingerprint density at radius 3 is 2.70 bits per heavy atom. The van der Waals surface area contributed by atoms with Crippen LogP contribution in [0.4, 0.5) is 18.3 Å². The molecule has 4 rings (SSSR count). The van der Waals surface area contributed by atoms with Crippen LogP contribution in [-0.4, -0.2) is 31.0 Å². The van der Waals surface area contributed by atoms with Crippen molar-refractivity contribution in [2.45, 2.75) is 13.0 Å². The summed E-state index contributed by atoms with van der Waals surface area (Å²) in [4.78, 5) is 41.6. The first kappa shape index (κ1) is 22.7. The molecule has 0 aliphatic carbocycles. The van der Waals surface area contributed by atoms with E-state index in [-0.39, 0.29) is 22.6 Å². The zero-order valence-corrected chi connectivity index (χ0v) is 18.6. The molecular weight excluding hydrogens is 483 g/mol. The van der Waals surface area contributed by atoms with Gasteiger partial charge in [-0.1, -0.05) is 0 Å². The van der Waals surface area contributed by atoms with Gasteiger partial charge >= 0.3 is 12.3 Å². The SMILES string of the molecule is Cn1c(=O)c2c(CC(=O)Nc3nc(-c4ccc(OC(F)F)c(F)c4)cs3)nsc2n(C)c1=O. The number of thiazole rings is 1. The fourth-order valence-electron chi connectivity index (χ4n) is 3.08. The molecule has 0 fully saturated rings. The second kappa shape index (κ2) is 8.78. The number of hydrogen-bond acceptors (Lipinski definition) is 8. The molecule has 0 radical (unpaired) electrons. The number of alkyl halides is 2. The molecule has 0 spiro atoms. The van der Waals surface area contributed by atoms with Crippen LogP contribution < -0.4 is 21.3 Å². The molecule has 1 amide bonds. The number of nitrogens with zero attached hydrogens (tertiary/aromatic N) is 4. The minimum Gasteiger partial charge on any atom is -0.432 e. The van der Waals surface area contributed by atoms with Crippen molar-refractivity contribution >= 4 is 44.1 Å². The Kier molecular flexibility index (Phi) is 6.03. The van der Waals surface area contributed by atoms with Crippen molar-refractivity contribution in [1.82, 2.24) is 18.5 Å². The normalized spacial score (nSPS) is 11.3. The van der Waals surface area contributed by atoms with Gasteiger partial charge in [0.1, 0.15) is 4.83 Å². The molecular formula is C19H14F3N5O4S2. The van der Waals surface area contributed by atoms with Crippen molar-refractivity contribution in [2.24, 2.45) is 14.1 Å². The summed E-state index contributed by atoms with van der Waals surface area (Å²) in [5.74, 6) is -2.06. The van der Waals surface area contributed by atoms with Gasteiger partial charge in [-0.2, -0.15) is 13.2 Å². The van der Waals surface area contributed by atoms with Gasteiger partial charge in [0.2, 0.25) is 5.91 Å². The fourth-order valence-corrected chi connectivity index (χ4v) is 4.66. The molecule has 4 aromatic rings. The van der Waals surface area contributed by atoms with Gasteiger partial charge in [0.25, 0.3) is 5.56 Å². The minimum atomic E-state index is -3.15. The van der Waals surface area contributed by atoms with Crippen molar-refractivity contribution in [3.05, 3.63) is 55.9 Å². The summed E-state index contributed by atoms with van der Waals surface area (Å²) in [6, 6.07) is 3.43. The van der Waals surface area contributed by atoms with Crippen LogP contribution in [0.5, 0.6) is 5.75 Å². The summed E-state index contributed by atoms with van der Waals surface area (Å²) in [7, 11) is 2.86. The van der Waals surface area contributed by atoms with E-state index in [9.17, 15) is 27.6 Å². The topological polar surface area (TPSA) is 108 Å². The number of amides is 1. The lowest BCUT2D eigenvalue weighted by Gasteiger charge is -2.06. The lowest BCUT2D eigenvalue weighted by Crippen LogP contribution is -2.36. The molecule has 0 aliphatic heterocycles. The number of nitrogens with one attached hydrogen (secondary N) is 1. The smallest absolute Gasteiger partial charge is 0.387 e. The van der Waals surface area contributed by atoms with Crippen LogP contribution in [0.1, 0.15) is 5.69 Å². The maximum absolute atomic E-state index is 14.0. The number of halogens is 3. The van der Waals surface area contributed by atoms with Crippen molar-refractivity contribution in [3.8, 4) is 17.0 Å². The Labute approximate surface area is 190 Å². The predicted octanol–water partition coefficient (Wildman–Crippen LogP) is 2.74. The number of aromatic nitrogens is 4. The molecule has 3 aromatic heterocycles. The van der Waals surface area contributed by atoms with E-state index in [1.807, 2.05) is 0 Å². The van der Waals surface area contributed by atoms with E-state index in [2.05, 4.69) is 19.4 Å². The third kappa shape index (κ3) is 4.39. The monoisotopic (exact) mass is 497 g/mol. The van der Waals surface area contributed by atoms with Crippen LogP contribution >= 0.6 is 22.9 Å². The summed E-state index contributed by atoms with van der Waals surface area (Å²) in [5, 5.41) is 4.55. The second-order valence-electron chi connectivity index (χ2n) is 6.80. The average Bonchev–Trinajstić information content (AvgIpc) is 3.39. The van der Waals surface area contributed by atoms with Crippen LogP contribution in [-0.2, 0) is 25.3 Å². The molecule has 0 saturated heterocycles. The van der Waals surface area contributed by atoms with Gasteiger partial charge in [-0.05, 0) is 29.7 Å². The second-order valence-corrected chi connectivity index (χ2v) is 8.41. The van der Waals surface area contributed by atoms with Gasteiger partial charge in [-0.15, -0.1) is 11.3 Å². The third-order valence-corrected chi connectivity index (χ3v) is 6.38. The third-order valence-electron chi connectivity index (χ3n) is 4.66. The number of ether oxygens (including phenoxy) is 1. The minimum absolute atomic E-state index is 0.196. The molecule has 0 bridgehead atoms. The van der Waals surface area contributed by atoms with Crippen molar-refractivity contribution < 1.29 is 22.7 Å². The van der Waals surface area contributed by atoms with E-state index >= 15 is 0 Å². The zero-order valence-electron chi connectivity index (χ0n) is 17.0. The van der Waals surface area contributed by atoms with E-state index in [4.69, 9.17) is 0 Å². The van der Waals surface area contributed by atoms with Crippen LogP contribution in [0.3, 0.4) is 0 Å². The Morgan fingerprint density at radius 1 is 1.24 bits per heavy atom.